The van der Waals surface area contributed by atoms with Gasteiger partial charge in [0.05, 0.1) is 32.9 Å². The summed E-state index contributed by atoms with van der Waals surface area (Å²) in [6.45, 7) is 0. The largest absolute Gasteiger partial charge is 0.496 e. The fourth-order valence-corrected chi connectivity index (χ4v) is 3.12. The van der Waals surface area contributed by atoms with E-state index in [1.807, 2.05) is 18.2 Å². The number of aromatic nitrogens is 3. The minimum Gasteiger partial charge on any atom is -0.496 e. The molecule has 0 bridgehead atoms. The van der Waals surface area contributed by atoms with E-state index in [0.717, 1.165) is 16.1 Å². The lowest BCUT2D eigenvalue weighted by Gasteiger charge is -2.03. The zero-order valence-electron chi connectivity index (χ0n) is 12.7. The molecule has 1 aromatic carbocycles. The summed E-state index contributed by atoms with van der Waals surface area (Å²) in [6, 6.07) is 5.55. The average Bonchev–Trinajstić information content (AvgIpc) is 3.25. The van der Waals surface area contributed by atoms with Gasteiger partial charge in [0.15, 0.2) is 17.1 Å². The topological polar surface area (TPSA) is 71.0 Å². The Morgan fingerprint density at radius 3 is 2.57 bits per heavy atom. The van der Waals surface area contributed by atoms with Crippen molar-refractivity contribution in [2.75, 3.05) is 21.3 Å². The van der Waals surface area contributed by atoms with Gasteiger partial charge in [-0.05, 0) is 29.5 Å². The quantitative estimate of drug-likeness (QED) is 0.572. The van der Waals surface area contributed by atoms with Gasteiger partial charge >= 0.3 is 0 Å². The highest BCUT2D eigenvalue weighted by molar-refractivity contribution is 7.18. The minimum absolute atomic E-state index is 0.562. The summed E-state index contributed by atoms with van der Waals surface area (Å²) in [5.74, 6) is 1.99. The lowest BCUT2D eigenvalue weighted by Crippen LogP contribution is -1.86. The van der Waals surface area contributed by atoms with Crippen LogP contribution in [-0.2, 0) is 0 Å². The molecule has 0 spiro atoms. The molecular formula is C15H13N3O4S. The van der Waals surface area contributed by atoms with Gasteiger partial charge in [0.25, 0.3) is 5.19 Å². The molecule has 4 aromatic rings. The van der Waals surface area contributed by atoms with Crippen LogP contribution in [0.15, 0.2) is 28.8 Å². The molecule has 0 saturated carbocycles. The van der Waals surface area contributed by atoms with Crippen molar-refractivity contribution in [1.29, 1.82) is 0 Å². The van der Waals surface area contributed by atoms with Crippen LogP contribution in [0.25, 0.3) is 27.4 Å². The maximum Gasteiger partial charge on any atom is 0.294 e. The molecule has 0 N–H and O–H groups in total. The van der Waals surface area contributed by atoms with E-state index in [9.17, 15) is 0 Å². The number of imidazole rings is 1. The summed E-state index contributed by atoms with van der Waals surface area (Å²) in [7, 11) is 4.81. The summed E-state index contributed by atoms with van der Waals surface area (Å²) >= 11 is 1.36. The Morgan fingerprint density at radius 1 is 1.09 bits per heavy atom. The highest BCUT2D eigenvalue weighted by Gasteiger charge is 2.17. The predicted octanol–water partition coefficient (Wildman–Crippen LogP) is 3.23. The van der Waals surface area contributed by atoms with Crippen LogP contribution in [0, 0.1) is 0 Å². The third-order valence-corrected chi connectivity index (χ3v) is 4.38. The van der Waals surface area contributed by atoms with Gasteiger partial charge in [-0.2, -0.15) is 0 Å². The van der Waals surface area contributed by atoms with E-state index in [4.69, 9.17) is 18.6 Å². The molecule has 7 nitrogen and oxygen atoms in total. The third kappa shape index (κ3) is 2.10. The van der Waals surface area contributed by atoms with Crippen LogP contribution in [0.2, 0.25) is 0 Å². The molecule has 0 amide bonds. The third-order valence-electron chi connectivity index (χ3n) is 3.50. The number of hydrogen-bond donors (Lipinski definition) is 0. The second-order valence-corrected chi connectivity index (χ2v) is 5.67. The first-order valence-electron chi connectivity index (χ1n) is 6.78. The van der Waals surface area contributed by atoms with Crippen LogP contribution in [0.5, 0.6) is 16.7 Å². The summed E-state index contributed by atoms with van der Waals surface area (Å²) in [5, 5.41) is 5.66. The molecular weight excluding hydrogens is 318 g/mol. The van der Waals surface area contributed by atoms with Crippen molar-refractivity contribution in [3.05, 3.63) is 24.4 Å². The Labute approximate surface area is 135 Å². The Hall–Kier alpha value is -2.74. The number of benzene rings is 1. The Morgan fingerprint density at radius 2 is 1.87 bits per heavy atom. The summed E-state index contributed by atoms with van der Waals surface area (Å²) in [5.41, 5.74) is 1.32. The molecule has 0 fully saturated rings. The number of ether oxygens (including phenoxy) is 3. The molecule has 0 aliphatic heterocycles. The van der Waals surface area contributed by atoms with Gasteiger partial charge in [-0.25, -0.2) is 9.50 Å². The minimum atomic E-state index is 0.562. The van der Waals surface area contributed by atoms with E-state index >= 15 is 0 Å². The molecule has 8 heteroatoms. The van der Waals surface area contributed by atoms with Crippen LogP contribution in [0.4, 0.5) is 0 Å². The first-order valence-corrected chi connectivity index (χ1v) is 7.60. The number of hydrogen-bond acceptors (Lipinski definition) is 7. The van der Waals surface area contributed by atoms with Gasteiger partial charge in [0, 0.05) is 0 Å². The standard InChI is InChI=1S/C15H13N3O4S/c1-19-10-4-5-11(20-2)13-8(10)6-12(22-13)9-7-18-14(16-9)23-15(17-18)21-3/h4-7H,1-3H3. The number of methoxy groups -OCH3 is 3. The summed E-state index contributed by atoms with van der Waals surface area (Å²) in [4.78, 5) is 5.25. The molecule has 3 aromatic heterocycles. The Kier molecular flexibility index (Phi) is 3.12. The van der Waals surface area contributed by atoms with Gasteiger partial charge in [-0.1, -0.05) is 0 Å². The predicted molar refractivity (Wildman–Crippen MR) is 85.7 cm³/mol. The van der Waals surface area contributed by atoms with Gasteiger partial charge in [0.2, 0.25) is 4.96 Å². The molecule has 4 rings (SSSR count). The van der Waals surface area contributed by atoms with E-state index in [1.54, 1.807) is 32.0 Å². The Balaban J connectivity index is 1.88. The Bertz CT molecular complexity index is 929. The summed E-state index contributed by atoms with van der Waals surface area (Å²) in [6.07, 6.45) is 1.80. The fourth-order valence-electron chi connectivity index (χ4n) is 2.42. The zero-order chi connectivity index (χ0) is 16.0. The van der Waals surface area contributed by atoms with E-state index in [-0.39, 0.29) is 0 Å². The van der Waals surface area contributed by atoms with Gasteiger partial charge < -0.3 is 18.6 Å². The van der Waals surface area contributed by atoms with Gasteiger partial charge in [-0.15, -0.1) is 5.10 Å². The highest BCUT2D eigenvalue weighted by Crippen LogP contribution is 2.38. The van der Waals surface area contributed by atoms with Crippen molar-refractivity contribution in [2.45, 2.75) is 0 Å². The highest BCUT2D eigenvalue weighted by atomic mass is 32.1. The first kappa shape index (κ1) is 13.9. The van der Waals surface area contributed by atoms with Crippen LogP contribution < -0.4 is 14.2 Å². The van der Waals surface area contributed by atoms with Crippen molar-refractivity contribution in [1.82, 2.24) is 14.6 Å². The van der Waals surface area contributed by atoms with E-state index in [0.29, 0.717) is 28.0 Å². The molecule has 0 radical (unpaired) electrons. The molecule has 3 heterocycles. The van der Waals surface area contributed by atoms with Crippen LogP contribution >= 0.6 is 11.3 Å². The smallest absolute Gasteiger partial charge is 0.294 e. The van der Waals surface area contributed by atoms with Crippen LogP contribution in [-0.4, -0.2) is 35.9 Å². The second kappa shape index (κ2) is 5.17. The van der Waals surface area contributed by atoms with Crippen molar-refractivity contribution in [3.8, 4) is 28.1 Å². The van der Waals surface area contributed by atoms with Gasteiger partial charge in [0.1, 0.15) is 11.4 Å². The molecule has 0 aliphatic rings. The van der Waals surface area contributed by atoms with E-state index in [2.05, 4.69) is 10.1 Å². The second-order valence-electron chi connectivity index (χ2n) is 4.75. The monoisotopic (exact) mass is 331 g/mol. The maximum atomic E-state index is 5.94. The summed E-state index contributed by atoms with van der Waals surface area (Å²) < 4.78 is 23.4. The lowest BCUT2D eigenvalue weighted by atomic mass is 10.2. The number of rotatable bonds is 4. The van der Waals surface area contributed by atoms with E-state index in [1.165, 1.54) is 11.3 Å². The van der Waals surface area contributed by atoms with Crippen molar-refractivity contribution >= 4 is 27.3 Å². The number of furan rings is 1. The van der Waals surface area contributed by atoms with E-state index < -0.39 is 0 Å². The zero-order valence-corrected chi connectivity index (χ0v) is 13.5. The number of nitrogens with zero attached hydrogens (tertiary/aromatic N) is 3. The molecule has 0 unspecified atom stereocenters. The van der Waals surface area contributed by atoms with Crippen LogP contribution in [0.1, 0.15) is 0 Å². The molecule has 23 heavy (non-hydrogen) atoms. The van der Waals surface area contributed by atoms with Crippen molar-refractivity contribution in [3.63, 3.8) is 0 Å². The lowest BCUT2D eigenvalue weighted by molar-refractivity contribution is 0.404. The first-order chi connectivity index (χ1) is 11.2. The molecule has 0 saturated heterocycles. The fraction of sp³-hybridized carbons (Fsp3) is 0.200. The van der Waals surface area contributed by atoms with Crippen molar-refractivity contribution in [2.24, 2.45) is 0 Å². The molecule has 0 aliphatic carbocycles. The van der Waals surface area contributed by atoms with Crippen molar-refractivity contribution < 1.29 is 18.6 Å². The SMILES string of the molecule is COc1nn2cc(-c3cc4c(OC)ccc(OC)c4o3)nc2s1. The normalized spacial score (nSPS) is 11.3. The average molecular weight is 331 g/mol. The molecule has 0 atom stereocenters. The number of fused-ring (bicyclic) bond motifs is 2. The van der Waals surface area contributed by atoms with Crippen LogP contribution in [0.3, 0.4) is 0 Å². The maximum absolute atomic E-state index is 5.94. The van der Waals surface area contributed by atoms with Gasteiger partial charge in [-0.3, -0.25) is 0 Å². The molecule has 118 valence electrons.